The molecule has 3 nitrogen and oxygen atoms in total. The molecule has 8 heteroatoms. The van der Waals surface area contributed by atoms with Crippen molar-refractivity contribution in [1.29, 1.82) is 0 Å². The Morgan fingerprint density at radius 1 is 1.20 bits per heavy atom. The van der Waals surface area contributed by atoms with Crippen molar-refractivity contribution in [2.75, 3.05) is 0 Å². The van der Waals surface area contributed by atoms with Gasteiger partial charge in [0.1, 0.15) is 0 Å². The van der Waals surface area contributed by atoms with Gasteiger partial charge < -0.3 is 0 Å². The first-order chi connectivity index (χ1) is 9.22. The smallest absolute Gasteiger partial charge is 0.207 e. The molecular formula is C12H13BrF3NO2S. The van der Waals surface area contributed by atoms with Gasteiger partial charge in [0.25, 0.3) is 0 Å². The number of nitrogens with one attached hydrogen (secondary N) is 1. The molecule has 0 saturated heterocycles. The highest BCUT2D eigenvalue weighted by atomic mass is 79.9. The molecule has 0 radical (unpaired) electrons. The van der Waals surface area contributed by atoms with E-state index in [1.54, 1.807) is 0 Å². The van der Waals surface area contributed by atoms with E-state index in [1.165, 1.54) is 12.1 Å². The van der Waals surface area contributed by atoms with Gasteiger partial charge >= 0.3 is 6.18 Å². The zero-order valence-electron chi connectivity index (χ0n) is 10.3. The van der Waals surface area contributed by atoms with E-state index in [-0.39, 0.29) is 10.9 Å². The first-order valence-electron chi connectivity index (χ1n) is 6.04. The average molecular weight is 372 g/mol. The zero-order chi connectivity index (χ0) is 15.0. The number of rotatable bonds is 3. The van der Waals surface area contributed by atoms with Crippen molar-refractivity contribution >= 4 is 26.0 Å². The molecule has 0 amide bonds. The molecule has 0 bridgehead atoms. The lowest BCUT2D eigenvalue weighted by molar-refractivity contribution is -0.139. The molecule has 0 heterocycles. The van der Waals surface area contributed by atoms with E-state index in [1.807, 2.05) is 0 Å². The molecule has 1 fully saturated rings. The second-order valence-electron chi connectivity index (χ2n) is 4.67. The van der Waals surface area contributed by atoms with Gasteiger partial charge in [-0.05, 0) is 25.0 Å². The molecule has 112 valence electrons. The van der Waals surface area contributed by atoms with Crippen LogP contribution in [0.2, 0.25) is 0 Å². The van der Waals surface area contributed by atoms with Crippen LogP contribution in [0, 0.1) is 0 Å². The second-order valence-corrected chi connectivity index (χ2v) is 7.53. The third-order valence-corrected chi connectivity index (χ3v) is 5.86. The van der Waals surface area contributed by atoms with Crippen molar-refractivity contribution < 1.29 is 21.6 Å². The van der Waals surface area contributed by atoms with Crippen LogP contribution in [0.25, 0.3) is 0 Å². The van der Waals surface area contributed by atoms with E-state index in [4.69, 9.17) is 0 Å². The fourth-order valence-electron chi connectivity index (χ4n) is 2.25. The molecule has 2 unspecified atom stereocenters. The van der Waals surface area contributed by atoms with Crippen molar-refractivity contribution in [3.05, 3.63) is 29.8 Å². The number of hydrogen-bond donors (Lipinski definition) is 1. The lowest BCUT2D eigenvalue weighted by Crippen LogP contribution is -2.38. The number of alkyl halides is 4. The van der Waals surface area contributed by atoms with Gasteiger partial charge in [-0.15, -0.1) is 0 Å². The van der Waals surface area contributed by atoms with Crippen molar-refractivity contribution in [3.63, 3.8) is 0 Å². The molecule has 1 aliphatic carbocycles. The van der Waals surface area contributed by atoms with E-state index >= 15 is 0 Å². The van der Waals surface area contributed by atoms with Gasteiger partial charge in [-0.3, -0.25) is 0 Å². The molecule has 1 aliphatic rings. The fraction of sp³-hybridized carbons (Fsp3) is 0.500. The van der Waals surface area contributed by atoms with Gasteiger partial charge in [0, 0.05) is 10.9 Å². The van der Waals surface area contributed by atoms with Gasteiger partial charge in [-0.2, -0.15) is 13.2 Å². The maximum atomic E-state index is 12.9. The molecule has 2 atom stereocenters. The summed E-state index contributed by atoms with van der Waals surface area (Å²) in [5.41, 5.74) is -1.14. The highest BCUT2D eigenvalue weighted by molar-refractivity contribution is 9.09. The zero-order valence-corrected chi connectivity index (χ0v) is 12.7. The van der Waals surface area contributed by atoms with Crippen LogP contribution in [-0.4, -0.2) is 19.3 Å². The Labute approximate surface area is 123 Å². The SMILES string of the molecule is O=S(=O)(NC1CCCC1Br)c1ccccc1C(F)(F)F. The summed E-state index contributed by atoms with van der Waals surface area (Å²) in [5, 5.41) is 0. The monoisotopic (exact) mass is 371 g/mol. The van der Waals surface area contributed by atoms with Crippen LogP contribution >= 0.6 is 15.9 Å². The number of hydrogen-bond acceptors (Lipinski definition) is 2. The average Bonchev–Trinajstić information content (AvgIpc) is 2.73. The predicted octanol–water partition coefficient (Wildman–Crippen LogP) is 3.30. The fourth-order valence-corrected chi connectivity index (χ4v) is 4.68. The molecule has 0 aromatic heterocycles. The highest BCUT2D eigenvalue weighted by Crippen LogP contribution is 2.34. The Morgan fingerprint density at radius 2 is 1.85 bits per heavy atom. The molecule has 1 saturated carbocycles. The minimum Gasteiger partial charge on any atom is -0.207 e. The van der Waals surface area contributed by atoms with Gasteiger partial charge in [0.05, 0.1) is 10.5 Å². The first-order valence-corrected chi connectivity index (χ1v) is 8.44. The third kappa shape index (κ3) is 3.35. The van der Waals surface area contributed by atoms with Gasteiger partial charge in [0.2, 0.25) is 10.0 Å². The molecule has 0 aliphatic heterocycles. The normalized spacial score (nSPS) is 24.0. The van der Waals surface area contributed by atoms with E-state index < -0.39 is 26.7 Å². The summed E-state index contributed by atoms with van der Waals surface area (Å²) in [7, 11) is -4.19. The number of halogens is 4. The summed E-state index contributed by atoms with van der Waals surface area (Å²) in [5.74, 6) is 0. The minimum absolute atomic E-state index is 0.0460. The Bertz CT molecular complexity index is 589. The number of benzene rings is 1. The third-order valence-electron chi connectivity index (χ3n) is 3.22. The van der Waals surface area contributed by atoms with Gasteiger partial charge in [-0.25, -0.2) is 13.1 Å². The Morgan fingerprint density at radius 3 is 2.40 bits per heavy atom. The summed E-state index contributed by atoms with van der Waals surface area (Å²) in [6, 6.07) is 3.83. The molecule has 1 N–H and O–H groups in total. The maximum Gasteiger partial charge on any atom is 0.417 e. The predicted molar refractivity (Wildman–Crippen MR) is 72.1 cm³/mol. The van der Waals surface area contributed by atoms with Gasteiger partial charge in [0.15, 0.2) is 0 Å². The first kappa shape index (κ1) is 15.8. The van der Waals surface area contributed by atoms with Crippen molar-refractivity contribution in [1.82, 2.24) is 4.72 Å². The molecule has 0 spiro atoms. The molecule has 20 heavy (non-hydrogen) atoms. The highest BCUT2D eigenvalue weighted by Gasteiger charge is 2.38. The molecule has 1 aromatic carbocycles. The minimum atomic E-state index is -4.70. The van der Waals surface area contributed by atoms with E-state index in [0.29, 0.717) is 6.42 Å². The lowest BCUT2D eigenvalue weighted by atomic mass is 10.2. The van der Waals surface area contributed by atoms with Crippen LogP contribution in [0.5, 0.6) is 0 Å². The summed E-state index contributed by atoms with van der Waals surface area (Å²) >= 11 is 3.34. The molecule has 2 rings (SSSR count). The summed E-state index contributed by atoms with van der Waals surface area (Å²) < 4.78 is 65.3. The van der Waals surface area contributed by atoms with Crippen LogP contribution in [0.1, 0.15) is 24.8 Å². The van der Waals surface area contributed by atoms with Crippen LogP contribution in [0.4, 0.5) is 13.2 Å². The topological polar surface area (TPSA) is 46.2 Å². The van der Waals surface area contributed by atoms with Crippen molar-refractivity contribution in [3.8, 4) is 0 Å². The van der Waals surface area contributed by atoms with Gasteiger partial charge in [-0.1, -0.05) is 34.5 Å². The van der Waals surface area contributed by atoms with E-state index in [9.17, 15) is 21.6 Å². The van der Waals surface area contributed by atoms with E-state index in [2.05, 4.69) is 20.7 Å². The second kappa shape index (κ2) is 5.65. The Hall–Kier alpha value is -0.600. The van der Waals surface area contributed by atoms with Crippen LogP contribution in [0.15, 0.2) is 29.2 Å². The van der Waals surface area contributed by atoms with Crippen molar-refractivity contribution in [2.45, 2.75) is 41.2 Å². The Balaban J connectivity index is 2.35. The van der Waals surface area contributed by atoms with Crippen molar-refractivity contribution in [2.24, 2.45) is 0 Å². The van der Waals surface area contributed by atoms with Crippen LogP contribution in [-0.2, 0) is 16.2 Å². The number of sulfonamides is 1. The Kier molecular flexibility index (Phi) is 4.46. The largest absolute Gasteiger partial charge is 0.417 e. The lowest BCUT2D eigenvalue weighted by Gasteiger charge is -2.18. The molecule has 1 aromatic rings. The maximum absolute atomic E-state index is 12.9. The summed E-state index contributed by atoms with van der Waals surface area (Å²) in [4.78, 5) is -0.769. The van der Waals surface area contributed by atoms with Crippen LogP contribution < -0.4 is 4.72 Å². The standard InChI is InChI=1S/C12H13BrF3NO2S/c13-9-5-3-6-10(9)17-20(18,19)11-7-2-1-4-8(11)12(14,15)16/h1-2,4,7,9-10,17H,3,5-6H2. The quantitative estimate of drug-likeness (QED) is 0.828. The molecular weight excluding hydrogens is 359 g/mol. The van der Waals surface area contributed by atoms with Crippen LogP contribution in [0.3, 0.4) is 0 Å². The van der Waals surface area contributed by atoms with E-state index in [0.717, 1.165) is 25.0 Å². The summed E-state index contributed by atoms with van der Waals surface area (Å²) in [6.07, 6.45) is -2.45. The summed E-state index contributed by atoms with van der Waals surface area (Å²) in [6.45, 7) is 0.